The number of nitrogens with zero attached hydrogens (tertiary/aromatic N) is 2. The number of imidazole rings is 1. The first-order valence-corrected chi connectivity index (χ1v) is 6.99. The lowest BCUT2D eigenvalue weighted by molar-refractivity contribution is -0.133. The molecule has 1 aromatic rings. The molecule has 1 heterocycles. The summed E-state index contributed by atoms with van der Waals surface area (Å²) >= 11 is 1.31. The van der Waals surface area contributed by atoms with Crippen molar-refractivity contribution in [2.45, 2.75) is 49.7 Å². The highest BCUT2D eigenvalue weighted by molar-refractivity contribution is 7.99. The Morgan fingerprint density at radius 1 is 1.53 bits per heavy atom. The second-order valence-electron chi connectivity index (χ2n) is 4.82. The molecule has 1 aliphatic carbocycles. The Morgan fingerprint density at radius 2 is 2.24 bits per heavy atom. The van der Waals surface area contributed by atoms with Crippen LogP contribution in [0.5, 0.6) is 0 Å². The number of rotatable bonds is 4. The van der Waals surface area contributed by atoms with Crippen LogP contribution >= 0.6 is 11.8 Å². The molecule has 0 amide bonds. The summed E-state index contributed by atoms with van der Waals surface area (Å²) in [7, 11) is 0. The number of aromatic nitrogens is 2. The van der Waals surface area contributed by atoms with Gasteiger partial charge in [0.2, 0.25) is 0 Å². The second-order valence-corrected chi connectivity index (χ2v) is 5.76. The van der Waals surface area contributed by atoms with E-state index in [9.17, 15) is 4.79 Å². The minimum Gasteiger partial charge on any atom is -0.481 e. The van der Waals surface area contributed by atoms with E-state index < -0.39 is 5.97 Å². The Hall–Kier alpha value is -0.970. The fourth-order valence-corrected chi connectivity index (χ4v) is 3.30. The second kappa shape index (κ2) is 5.12. The lowest BCUT2D eigenvalue weighted by Gasteiger charge is -2.36. The van der Waals surface area contributed by atoms with Crippen molar-refractivity contribution in [3.05, 3.63) is 12.4 Å². The quantitative estimate of drug-likeness (QED) is 0.839. The molecule has 0 unspecified atom stereocenters. The van der Waals surface area contributed by atoms with E-state index in [-0.39, 0.29) is 11.3 Å². The van der Waals surface area contributed by atoms with E-state index in [1.54, 1.807) is 6.20 Å². The standard InChI is InChI=1S/C12H18N2O2S/c1-12(5-3-2-4-6-12)14-8-7-13-11(14)17-9-10(15)16/h7-8H,2-6,9H2,1H3,(H,15,16). The van der Waals surface area contributed by atoms with Crippen molar-refractivity contribution in [1.82, 2.24) is 9.55 Å². The van der Waals surface area contributed by atoms with Gasteiger partial charge in [0.15, 0.2) is 5.16 Å². The summed E-state index contributed by atoms with van der Waals surface area (Å²) < 4.78 is 2.17. The monoisotopic (exact) mass is 254 g/mol. The van der Waals surface area contributed by atoms with E-state index in [2.05, 4.69) is 16.5 Å². The van der Waals surface area contributed by atoms with Crippen molar-refractivity contribution < 1.29 is 9.90 Å². The van der Waals surface area contributed by atoms with E-state index in [0.717, 1.165) is 18.0 Å². The van der Waals surface area contributed by atoms with E-state index in [0.29, 0.717) is 0 Å². The van der Waals surface area contributed by atoms with Crippen molar-refractivity contribution in [1.29, 1.82) is 0 Å². The van der Waals surface area contributed by atoms with Gasteiger partial charge < -0.3 is 9.67 Å². The molecule has 0 radical (unpaired) electrons. The SMILES string of the molecule is CC1(n2ccnc2SCC(=O)O)CCCCC1. The van der Waals surface area contributed by atoms with Crippen LogP contribution in [0.2, 0.25) is 0 Å². The predicted octanol–water partition coefficient (Wildman–Crippen LogP) is 2.74. The third-order valence-electron chi connectivity index (χ3n) is 3.44. The van der Waals surface area contributed by atoms with E-state index in [4.69, 9.17) is 5.11 Å². The molecular weight excluding hydrogens is 236 g/mol. The minimum absolute atomic E-state index is 0.0765. The van der Waals surface area contributed by atoms with E-state index in [1.807, 2.05) is 6.20 Å². The maximum absolute atomic E-state index is 10.6. The van der Waals surface area contributed by atoms with Crippen molar-refractivity contribution in [2.24, 2.45) is 0 Å². The number of carbonyl (C=O) groups is 1. The van der Waals surface area contributed by atoms with Gasteiger partial charge in [-0.1, -0.05) is 31.0 Å². The molecule has 5 heteroatoms. The Balaban J connectivity index is 2.14. The van der Waals surface area contributed by atoms with Gasteiger partial charge in [0.1, 0.15) is 0 Å². The molecule has 94 valence electrons. The number of hydrogen-bond acceptors (Lipinski definition) is 3. The van der Waals surface area contributed by atoms with Crippen molar-refractivity contribution in [2.75, 3.05) is 5.75 Å². The lowest BCUT2D eigenvalue weighted by atomic mass is 9.83. The lowest BCUT2D eigenvalue weighted by Crippen LogP contribution is -2.32. The van der Waals surface area contributed by atoms with Gasteiger partial charge in [-0.3, -0.25) is 4.79 Å². The molecule has 0 bridgehead atoms. The average molecular weight is 254 g/mol. The largest absolute Gasteiger partial charge is 0.481 e. The molecule has 1 saturated carbocycles. The first kappa shape index (κ1) is 12.5. The molecule has 17 heavy (non-hydrogen) atoms. The highest BCUT2D eigenvalue weighted by atomic mass is 32.2. The summed E-state index contributed by atoms with van der Waals surface area (Å²) in [5.41, 5.74) is 0.121. The van der Waals surface area contributed by atoms with Crippen LogP contribution in [-0.2, 0) is 10.3 Å². The van der Waals surface area contributed by atoms with Crippen LogP contribution in [0, 0.1) is 0 Å². The zero-order valence-electron chi connectivity index (χ0n) is 10.1. The fraction of sp³-hybridized carbons (Fsp3) is 0.667. The number of thioether (sulfide) groups is 1. The molecule has 1 aliphatic rings. The van der Waals surface area contributed by atoms with Crippen LogP contribution in [0.4, 0.5) is 0 Å². The predicted molar refractivity (Wildman–Crippen MR) is 67.3 cm³/mol. The Morgan fingerprint density at radius 3 is 2.88 bits per heavy atom. The molecule has 0 aliphatic heterocycles. The molecule has 1 fully saturated rings. The minimum atomic E-state index is -0.793. The highest BCUT2D eigenvalue weighted by Crippen LogP contribution is 2.36. The first-order chi connectivity index (χ1) is 8.12. The molecular formula is C12H18N2O2S. The molecule has 4 nitrogen and oxygen atoms in total. The van der Waals surface area contributed by atoms with Crippen LogP contribution in [0.25, 0.3) is 0 Å². The summed E-state index contributed by atoms with van der Waals surface area (Å²) in [5.74, 6) is -0.717. The summed E-state index contributed by atoms with van der Waals surface area (Å²) in [6.45, 7) is 2.25. The van der Waals surface area contributed by atoms with Crippen LogP contribution in [0.3, 0.4) is 0 Å². The number of aliphatic carboxylic acids is 1. The molecule has 0 atom stereocenters. The summed E-state index contributed by atoms with van der Waals surface area (Å²) in [6.07, 6.45) is 9.87. The summed E-state index contributed by atoms with van der Waals surface area (Å²) in [4.78, 5) is 14.9. The van der Waals surface area contributed by atoms with Gasteiger partial charge in [-0.15, -0.1) is 0 Å². The Bertz CT molecular complexity index is 397. The smallest absolute Gasteiger partial charge is 0.313 e. The van der Waals surface area contributed by atoms with Gasteiger partial charge in [0.25, 0.3) is 0 Å². The van der Waals surface area contributed by atoms with Gasteiger partial charge in [-0.2, -0.15) is 0 Å². The van der Waals surface area contributed by atoms with Crippen molar-refractivity contribution in [3.8, 4) is 0 Å². The number of carboxylic acids is 1. The normalized spacial score (nSPS) is 19.1. The Labute approximate surface area is 105 Å². The third-order valence-corrected chi connectivity index (χ3v) is 4.40. The van der Waals surface area contributed by atoms with Crippen LogP contribution in [0.1, 0.15) is 39.0 Å². The summed E-state index contributed by atoms with van der Waals surface area (Å²) in [5, 5.41) is 9.55. The zero-order valence-corrected chi connectivity index (χ0v) is 10.9. The van der Waals surface area contributed by atoms with Gasteiger partial charge in [0.05, 0.1) is 5.75 Å². The number of hydrogen-bond donors (Lipinski definition) is 1. The third kappa shape index (κ3) is 2.83. The molecule has 0 saturated heterocycles. The van der Waals surface area contributed by atoms with E-state index in [1.165, 1.54) is 31.0 Å². The number of carboxylic acid groups (broad SMARTS) is 1. The van der Waals surface area contributed by atoms with Gasteiger partial charge in [-0.25, -0.2) is 4.98 Å². The summed E-state index contributed by atoms with van der Waals surface area (Å²) in [6, 6.07) is 0. The van der Waals surface area contributed by atoms with Crippen LogP contribution in [0.15, 0.2) is 17.6 Å². The van der Waals surface area contributed by atoms with Crippen molar-refractivity contribution >= 4 is 17.7 Å². The highest BCUT2D eigenvalue weighted by Gasteiger charge is 2.30. The zero-order chi connectivity index (χ0) is 12.3. The first-order valence-electron chi connectivity index (χ1n) is 6.00. The molecule has 1 aromatic heterocycles. The molecule has 1 N–H and O–H groups in total. The van der Waals surface area contributed by atoms with Gasteiger partial charge in [0, 0.05) is 17.9 Å². The van der Waals surface area contributed by atoms with Gasteiger partial charge in [-0.05, 0) is 19.8 Å². The van der Waals surface area contributed by atoms with Crippen LogP contribution in [-0.4, -0.2) is 26.4 Å². The van der Waals surface area contributed by atoms with Gasteiger partial charge >= 0.3 is 5.97 Å². The Kier molecular flexibility index (Phi) is 3.76. The topological polar surface area (TPSA) is 55.1 Å². The van der Waals surface area contributed by atoms with Crippen molar-refractivity contribution in [3.63, 3.8) is 0 Å². The van der Waals surface area contributed by atoms with Crippen LogP contribution < -0.4 is 0 Å². The molecule has 0 spiro atoms. The maximum Gasteiger partial charge on any atom is 0.313 e. The van der Waals surface area contributed by atoms with E-state index >= 15 is 0 Å². The molecule has 2 rings (SSSR count). The molecule has 0 aromatic carbocycles. The fourth-order valence-electron chi connectivity index (χ4n) is 2.49. The average Bonchev–Trinajstić information content (AvgIpc) is 2.76. The maximum atomic E-state index is 10.6.